The van der Waals surface area contributed by atoms with Gasteiger partial charge in [-0.1, -0.05) is 23.4 Å². The first-order valence-corrected chi connectivity index (χ1v) is 6.62. The van der Waals surface area contributed by atoms with E-state index in [1.807, 2.05) is 18.2 Å². The van der Waals surface area contributed by atoms with Crippen LogP contribution in [-0.4, -0.2) is 22.9 Å². The summed E-state index contributed by atoms with van der Waals surface area (Å²) in [6.45, 7) is 0. The number of nitrogens with zero attached hydrogens (tertiary/aromatic N) is 1. The van der Waals surface area contributed by atoms with Gasteiger partial charge in [-0.05, 0) is 37.3 Å². The largest absolute Gasteiger partial charge is 0.411 e. The van der Waals surface area contributed by atoms with Crippen molar-refractivity contribution in [1.82, 2.24) is 10.9 Å². The minimum absolute atomic E-state index is 0.0311. The molecule has 5 heteroatoms. The summed E-state index contributed by atoms with van der Waals surface area (Å²) < 4.78 is 0. The van der Waals surface area contributed by atoms with Gasteiger partial charge in [-0.2, -0.15) is 0 Å². The van der Waals surface area contributed by atoms with Crippen LogP contribution < -0.4 is 10.9 Å². The van der Waals surface area contributed by atoms with E-state index in [0.29, 0.717) is 17.4 Å². The summed E-state index contributed by atoms with van der Waals surface area (Å²) in [5.41, 5.74) is 7.12. The summed E-state index contributed by atoms with van der Waals surface area (Å²) in [5.74, 6) is 0.675. The number of carbonyl (C=O) groups excluding carboxylic acids is 1. The fourth-order valence-electron chi connectivity index (χ4n) is 3.22. The van der Waals surface area contributed by atoms with Crippen LogP contribution in [0.4, 0.5) is 0 Å². The normalized spacial score (nSPS) is 30.7. The average Bonchev–Trinajstić information content (AvgIpc) is 3.06. The average molecular weight is 259 g/mol. The van der Waals surface area contributed by atoms with Gasteiger partial charge in [0.1, 0.15) is 0 Å². The van der Waals surface area contributed by atoms with Crippen molar-refractivity contribution < 1.29 is 10.0 Å². The standard InChI is InChI=1S/C14H17N3O2/c18-14(9-4-2-1-3-5-9)16-15-12-10-6-7-11(8-10)13(12)17-19/h1-5,10-12,15,19H,6-8H2,(H,16,18). The molecule has 1 aromatic rings. The van der Waals surface area contributed by atoms with E-state index in [4.69, 9.17) is 5.21 Å². The molecule has 0 saturated heterocycles. The molecule has 1 amide bonds. The Morgan fingerprint density at radius 2 is 2.05 bits per heavy atom. The van der Waals surface area contributed by atoms with Crippen LogP contribution in [0.5, 0.6) is 0 Å². The van der Waals surface area contributed by atoms with E-state index in [0.717, 1.165) is 25.0 Å². The van der Waals surface area contributed by atoms with Crippen molar-refractivity contribution in [3.8, 4) is 0 Å². The van der Waals surface area contributed by atoms with Crippen molar-refractivity contribution in [3.63, 3.8) is 0 Å². The lowest BCUT2D eigenvalue weighted by Gasteiger charge is -2.24. The Hall–Kier alpha value is -1.88. The maximum atomic E-state index is 11.9. The van der Waals surface area contributed by atoms with Crippen LogP contribution in [0.2, 0.25) is 0 Å². The van der Waals surface area contributed by atoms with Crippen LogP contribution in [0.15, 0.2) is 35.5 Å². The smallest absolute Gasteiger partial charge is 0.265 e. The van der Waals surface area contributed by atoms with E-state index < -0.39 is 0 Å². The van der Waals surface area contributed by atoms with Gasteiger partial charge in [0.2, 0.25) is 0 Å². The Labute approximate surface area is 111 Å². The molecule has 3 unspecified atom stereocenters. The first-order valence-electron chi connectivity index (χ1n) is 6.62. The summed E-state index contributed by atoms with van der Waals surface area (Å²) >= 11 is 0. The minimum Gasteiger partial charge on any atom is -0.411 e. The van der Waals surface area contributed by atoms with Crippen molar-refractivity contribution >= 4 is 11.6 Å². The zero-order chi connectivity index (χ0) is 13.2. The minimum atomic E-state index is -0.166. The fraction of sp³-hybridized carbons (Fsp3) is 0.429. The summed E-state index contributed by atoms with van der Waals surface area (Å²) in [7, 11) is 0. The zero-order valence-corrected chi connectivity index (χ0v) is 10.5. The van der Waals surface area contributed by atoms with E-state index in [2.05, 4.69) is 16.0 Å². The molecule has 0 radical (unpaired) electrons. The quantitative estimate of drug-likeness (QED) is 0.569. The summed E-state index contributed by atoms with van der Waals surface area (Å²) in [6.07, 6.45) is 3.27. The number of benzene rings is 1. The first-order chi connectivity index (χ1) is 9.29. The van der Waals surface area contributed by atoms with Gasteiger partial charge in [0.05, 0.1) is 11.8 Å². The topological polar surface area (TPSA) is 73.7 Å². The van der Waals surface area contributed by atoms with Gasteiger partial charge in [0.25, 0.3) is 5.91 Å². The molecular weight excluding hydrogens is 242 g/mol. The van der Waals surface area contributed by atoms with E-state index >= 15 is 0 Å². The van der Waals surface area contributed by atoms with Gasteiger partial charge in [-0.25, -0.2) is 5.43 Å². The van der Waals surface area contributed by atoms with Crippen LogP contribution >= 0.6 is 0 Å². The van der Waals surface area contributed by atoms with Gasteiger partial charge in [-0.15, -0.1) is 0 Å². The summed E-state index contributed by atoms with van der Waals surface area (Å²) in [4.78, 5) is 11.9. The molecule has 100 valence electrons. The predicted octanol–water partition coefficient (Wildman–Crippen LogP) is 1.55. The van der Waals surface area contributed by atoms with Crippen molar-refractivity contribution in [2.45, 2.75) is 25.3 Å². The summed E-state index contributed by atoms with van der Waals surface area (Å²) in [5, 5.41) is 12.5. The molecule has 19 heavy (non-hydrogen) atoms. The molecule has 2 fully saturated rings. The van der Waals surface area contributed by atoms with Crippen molar-refractivity contribution in [3.05, 3.63) is 35.9 Å². The molecule has 2 bridgehead atoms. The molecule has 0 aromatic heterocycles. The molecule has 0 spiro atoms. The predicted molar refractivity (Wildman–Crippen MR) is 70.9 cm³/mol. The highest BCUT2D eigenvalue weighted by atomic mass is 16.4. The zero-order valence-electron chi connectivity index (χ0n) is 10.5. The maximum absolute atomic E-state index is 11.9. The molecule has 2 aliphatic carbocycles. The second-order valence-corrected chi connectivity index (χ2v) is 5.24. The van der Waals surface area contributed by atoms with E-state index in [1.165, 1.54) is 0 Å². The molecule has 2 saturated carbocycles. The molecule has 1 aromatic carbocycles. The number of hydrogen-bond donors (Lipinski definition) is 3. The van der Waals surface area contributed by atoms with Gasteiger partial charge in [0, 0.05) is 11.5 Å². The molecule has 3 rings (SSSR count). The fourth-order valence-corrected chi connectivity index (χ4v) is 3.22. The molecule has 3 N–H and O–H groups in total. The lowest BCUT2D eigenvalue weighted by Crippen LogP contribution is -2.50. The van der Waals surface area contributed by atoms with Crippen LogP contribution in [-0.2, 0) is 0 Å². The Bertz CT molecular complexity index is 501. The lowest BCUT2D eigenvalue weighted by atomic mass is 9.94. The highest BCUT2D eigenvalue weighted by Gasteiger charge is 2.45. The third-order valence-electron chi connectivity index (χ3n) is 4.17. The molecule has 0 heterocycles. The van der Waals surface area contributed by atoms with Gasteiger partial charge >= 0.3 is 0 Å². The first kappa shape index (κ1) is 12.2. The molecular formula is C14H17N3O2. The number of fused-ring (bicyclic) bond motifs is 2. The number of carbonyl (C=O) groups is 1. The van der Waals surface area contributed by atoms with Crippen LogP contribution in [0.3, 0.4) is 0 Å². The molecule has 3 atom stereocenters. The maximum Gasteiger partial charge on any atom is 0.265 e. The van der Waals surface area contributed by atoms with Crippen molar-refractivity contribution in [2.24, 2.45) is 17.0 Å². The molecule has 5 nitrogen and oxygen atoms in total. The van der Waals surface area contributed by atoms with Crippen LogP contribution in [0.25, 0.3) is 0 Å². The number of amides is 1. The Morgan fingerprint density at radius 1 is 1.26 bits per heavy atom. The monoisotopic (exact) mass is 259 g/mol. The van der Waals surface area contributed by atoms with Gasteiger partial charge in [0.15, 0.2) is 0 Å². The SMILES string of the molecule is O=C(NNC1C(=NO)C2CCC1C2)c1ccccc1. The van der Waals surface area contributed by atoms with Crippen molar-refractivity contribution in [1.29, 1.82) is 0 Å². The Balaban J connectivity index is 1.62. The van der Waals surface area contributed by atoms with E-state index in [9.17, 15) is 4.79 Å². The third-order valence-corrected chi connectivity index (χ3v) is 4.17. The second kappa shape index (κ2) is 5.01. The Morgan fingerprint density at radius 3 is 2.79 bits per heavy atom. The third kappa shape index (κ3) is 2.21. The second-order valence-electron chi connectivity index (χ2n) is 5.24. The van der Waals surface area contributed by atoms with E-state index in [1.54, 1.807) is 12.1 Å². The Kier molecular flexibility index (Phi) is 3.21. The van der Waals surface area contributed by atoms with Crippen molar-refractivity contribution in [2.75, 3.05) is 0 Å². The highest BCUT2D eigenvalue weighted by Crippen LogP contribution is 2.42. The van der Waals surface area contributed by atoms with Gasteiger partial charge in [-0.3, -0.25) is 10.2 Å². The number of nitrogens with one attached hydrogen (secondary N) is 2. The van der Waals surface area contributed by atoms with Crippen LogP contribution in [0.1, 0.15) is 29.6 Å². The van der Waals surface area contributed by atoms with Gasteiger partial charge < -0.3 is 5.21 Å². The number of hydrazine groups is 1. The highest BCUT2D eigenvalue weighted by molar-refractivity contribution is 5.96. The van der Waals surface area contributed by atoms with Crippen LogP contribution in [0, 0.1) is 11.8 Å². The summed E-state index contributed by atoms with van der Waals surface area (Å²) in [6, 6.07) is 9.02. The number of oxime groups is 1. The van der Waals surface area contributed by atoms with E-state index in [-0.39, 0.29) is 11.9 Å². The number of hydrogen-bond acceptors (Lipinski definition) is 4. The molecule has 2 aliphatic rings. The number of rotatable bonds is 3. The lowest BCUT2D eigenvalue weighted by molar-refractivity contribution is 0.0925. The molecule has 0 aliphatic heterocycles.